The fraction of sp³-hybridized carbons (Fsp3) is 0. The van der Waals surface area contributed by atoms with Crippen LogP contribution in [0.15, 0.2) is 170 Å². The Morgan fingerprint density at radius 3 is 1.57 bits per heavy atom. The maximum Gasteiger partial charge on any atom is 0.238 e. The Morgan fingerprint density at radius 2 is 0.830 bits per heavy atom. The highest BCUT2D eigenvalue weighted by atomic mass is 15.2. The molecule has 47 heavy (non-hydrogen) atoms. The molecule has 9 aromatic rings. The second-order valence-electron chi connectivity index (χ2n) is 11.7. The Balaban J connectivity index is 1.23. The van der Waals surface area contributed by atoms with Gasteiger partial charge in [-0.25, -0.2) is 4.98 Å². The van der Waals surface area contributed by atoms with Gasteiger partial charge >= 0.3 is 0 Å². The van der Waals surface area contributed by atoms with E-state index in [0.717, 1.165) is 49.6 Å². The molecule has 0 saturated heterocycles. The quantitative estimate of drug-likeness (QED) is 0.197. The molecule has 0 spiro atoms. The second kappa shape index (κ2) is 11.2. The summed E-state index contributed by atoms with van der Waals surface area (Å²) in [6.07, 6.45) is 0. The van der Waals surface area contributed by atoms with E-state index in [1.807, 2.05) is 6.07 Å². The first-order valence-electron chi connectivity index (χ1n) is 15.8. The summed E-state index contributed by atoms with van der Waals surface area (Å²) in [5.74, 6) is 1.84. The summed E-state index contributed by atoms with van der Waals surface area (Å²) >= 11 is 0. The first-order valence-corrected chi connectivity index (χ1v) is 15.8. The van der Waals surface area contributed by atoms with E-state index in [0.29, 0.717) is 17.6 Å². The molecule has 4 nitrogen and oxygen atoms in total. The molecule has 0 atom stereocenters. The monoisotopic (exact) mass is 600 g/mol. The second-order valence-corrected chi connectivity index (χ2v) is 11.7. The summed E-state index contributed by atoms with van der Waals surface area (Å²) in [4.78, 5) is 15.4. The molecule has 220 valence electrons. The van der Waals surface area contributed by atoms with Crippen LogP contribution in [0.5, 0.6) is 0 Å². The Hall–Kier alpha value is -6.39. The van der Waals surface area contributed by atoms with Crippen LogP contribution in [0.4, 0.5) is 0 Å². The largest absolute Gasteiger partial charge is 0.278 e. The van der Waals surface area contributed by atoms with E-state index in [-0.39, 0.29) is 0 Å². The third-order valence-corrected chi connectivity index (χ3v) is 8.86. The Labute approximate surface area is 272 Å². The number of fused-ring (bicyclic) bond motifs is 4. The molecule has 4 heteroatoms. The van der Waals surface area contributed by atoms with Gasteiger partial charge in [-0.05, 0) is 57.3 Å². The van der Waals surface area contributed by atoms with Crippen LogP contribution in [0.2, 0.25) is 0 Å². The predicted octanol–water partition coefficient (Wildman–Crippen LogP) is 10.8. The van der Waals surface area contributed by atoms with Crippen molar-refractivity contribution in [3.05, 3.63) is 170 Å². The molecule has 2 heterocycles. The molecular formula is C43H28N4. The SMILES string of the molecule is c1ccc(-c2ccc(-c3nc(-c4cccc(-c5ccc6ccccc6c5)c4)nc(-n4c5ccccc5c5ccccc54)n3)cc2)cc1. The van der Waals surface area contributed by atoms with Crippen molar-refractivity contribution in [2.24, 2.45) is 0 Å². The number of rotatable bonds is 5. The highest BCUT2D eigenvalue weighted by molar-refractivity contribution is 6.09. The molecule has 0 bridgehead atoms. The van der Waals surface area contributed by atoms with Crippen molar-refractivity contribution < 1.29 is 0 Å². The van der Waals surface area contributed by atoms with Crippen LogP contribution >= 0.6 is 0 Å². The molecule has 0 aliphatic carbocycles. The predicted molar refractivity (Wildman–Crippen MR) is 193 cm³/mol. The van der Waals surface area contributed by atoms with Gasteiger partial charge in [-0.15, -0.1) is 0 Å². The van der Waals surface area contributed by atoms with Gasteiger partial charge in [-0.1, -0.05) is 146 Å². The summed E-state index contributed by atoms with van der Waals surface area (Å²) in [6, 6.07) is 59.3. The van der Waals surface area contributed by atoms with Crippen LogP contribution in [-0.2, 0) is 0 Å². The zero-order chi connectivity index (χ0) is 31.2. The third kappa shape index (κ3) is 4.84. The van der Waals surface area contributed by atoms with Gasteiger partial charge in [0.15, 0.2) is 11.6 Å². The van der Waals surface area contributed by atoms with Gasteiger partial charge in [-0.2, -0.15) is 9.97 Å². The standard InChI is InChI=1S/C43H28N4/c1-2-11-29(12-3-1)31-21-24-32(25-22-31)41-44-42(36-16-10-15-34(28-36)35-26-23-30-13-4-5-14-33(30)27-35)46-43(45-41)47-39-19-8-6-17-37(39)38-18-7-9-20-40(38)47/h1-28H. The van der Waals surface area contributed by atoms with E-state index >= 15 is 0 Å². The first-order chi connectivity index (χ1) is 23.3. The average molecular weight is 601 g/mol. The number of hydrogen-bond acceptors (Lipinski definition) is 3. The van der Waals surface area contributed by atoms with Crippen molar-refractivity contribution >= 4 is 32.6 Å². The minimum Gasteiger partial charge on any atom is -0.278 e. The number of para-hydroxylation sites is 2. The van der Waals surface area contributed by atoms with E-state index in [9.17, 15) is 0 Å². The lowest BCUT2D eigenvalue weighted by molar-refractivity contribution is 0.953. The van der Waals surface area contributed by atoms with Gasteiger partial charge in [0.05, 0.1) is 11.0 Å². The molecule has 0 saturated carbocycles. The summed E-state index contributed by atoms with van der Waals surface area (Å²) < 4.78 is 2.16. The highest BCUT2D eigenvalue weighted by Gasteiger charge is 2.18. The topological polar surface area (TPSA) is 43.6 Å². The van der Waals surface area contributed by atoms with Crippen molar-refractivity contribution in [3.8, 4) is 51.0 Å². The van der Waals surface area contributed by atoms with Crippen molar-refractivity contribution in [2.45, 2.75) is 0 Å². The summed E-state index contributed by atoms with van der Waals surface area (Å²) in [7, 11) is 0. The van der Waals surface area contributed by atoms with Crippen LogP contribution in [0, 0.1) is 0 Å². The van der Waals surface area contributed by atoms with Gasteiger partial charge in [0, 0.05) is 21.9 Å². The van der Waals surface area contributed by atoms with Crippen molar-refractivity contribution in [2.75, 3.05) is 0 Å². The molecule has 0 N–H and O–H groups in total. The van der Waals surface area contributed by atoms with Crippen LogP contribution in [0.1, 0.15) is 0 Å². The summed E-state index contributed by atoms with van der Waals surface area (Å²) in [6.45, 7) is 0. The number of aromatic nitrogens is 4. The normalized spacial score (nSPS) is 11.4. The van der Waals surface area contributed by atoms with Gasteiger partial charge in [0.2, 0.25) is 5.95 Å². The lowest BCUT2D eigenvalue weighted by Crippen LogP contribution is -2.06. The fourth-order valence-electron chi connectivity index (χ4n) is 6.51. The van der Waals surface area contributed by atoms with Gasteiger partial charge in [0.1, 0.15) is 0 Å². The van der Waals surface area contributed by atoms with E-state index in [1.54, 1.807) is 0 Å². The molecule has 7 aromatic carbocycles. The van der Waals surface area contributed by atoms with E-state index in [1.165, 1.54) is 16.3 Å². The fourth-order valence-corrected chi connectivity index (χ4v) is 6.51. The highest BCUT2D eigenvalue weighted by Crippen LogP contribution is 2.33. The average Bonchev–Trinajstić information content (AvgIpc) is 3.49. The van der Waals surface area contributed by atoms with Gasteiger partial charge in [-0.3, -0.25) is 4.57 Å². The minimum atomic E-state index is 0.589. The van der Waals surface area contributed by atoms with Crippen molar-refractivity contribution in [1.82, 2.24) is 19.5 Å². The van der Waals surface area contributed by atoms with Gasteiger partial charge in [0.25, 0.3) is 0 Å². The Morgan fingerprint density at radius 1 is 0.319 bits per heavy atom. The molecule has 0 unspecified atom stereocenters. The van der Waals surface area contributed by atoms with Crippen molar-refractivity contribution in [3.63, 3.8) is 0 Å². The summed E-state index contributed by atoms with van der Waals surface area (Å²) in [5, 5.41) is 4.77. The van der Waals surface area contributed by atoms with E-state index < -0.39 is 0 Å². The van der Waals surface area contributed by atoms with E-state index in [2.05, 4.69) is 168 Å². The Bertz CT molecular complexity index is 2510. The van der Waals surface area contributed by atoms with Crippen LogP contribution in [-0.4, -0.2) is 19.5 Å². The smallest absolute Gasteiger partial charge is 0.238 e. The number of benzene rings is 7. The zero-order valence-electron chi connectivity index (χ0n) is 25.5. The molecular weight excluding hydrogens is 573 g/mol. The lowest BCUT2D eigenvalue weighted by Gasteiger charge is -2.12. The minimum absolute atomic E-state index is 0.589. The molecule has 0 aliphatic heterocycles. The molecule has 0 fully saturated rings. The maximum atomic E-state index is 5.16. The molecule has 9 rings (SSSR count). The Kier molecular flexibility index (Phi) is 6.43. The first kappa shape index (κ1) is 27.0. The van der Waals surface area contributed by atoms with Crippen LogP contribution < -0.4 is 0 Å². The maximum absolute atomic E-state index is 5.16. The molecule has 0 radical (unpaired) electrons. The number of nitrogens with zero attached hydrogens (tertiary/aromatic N) is 4. The molecule has 0 amide bonds. The van der Waals surface area contributed by atoms with Crippen LogP contribution in [0.25, 0.3) is 83.6 Å². The lowest BCUT2D eigenvalue weighted by atomic mass is 9.99. The van der Waals surface area contributed by atoms with Gasteiger partial charge < -0.3 is 0 Å². The van der Waals surface area contributed by atoms with E-state index in [4.69, 9.17) is 15.0 Å². The van der Waals surface area contributed by atoms with Crippen LogP contribution in [0.3, 0.4) is 0 Å². The summed E-state index contributed by atoms with van der Waals surface area (Å²) in [5.41, 5.74) is 8.56. The number of hydrogen-bond donors (Lipinski definition) is 0. The third-order valence-electron chi connectivity index (χ3n) is 8.86. The molecule has 2 aromatic heterocycles. The van der Waals surface area contributed by atoms with Crippen molar-refractivity contribution in [1.29, 1.82) is 0 Å². The molecule has 0 aliphatic rings. The zero-order valence-corrected chi connectivity index (χ0v) is 25.5.